The van der Waals surface area contributed by atoms with Gasteiger partial charge in [-0.2, -0.15) is 0 Å². The van der Waals surface area contributed by atoms with Gasteiger partial charge in [-0.25, -0.2) is 8.42 Å². The third kappa shape index (κ3) is 2.39. The molecule has 24 heavy (non-hydrogen) atoms. The first-order valence-electron chi connectivity index (χ1n) is 7.39. The van der Waals surface area contributed by atoms with Crippen molar-refractivity contribution in [3.8, 4) is 0 Å². The molecule has 0 spiro atoms. The fraction of sp³-hybridized carbons (Fsp3) is 0.250. The number of sulfonamides is 1. The molecule has 2 N–H and O–H groups in total. The minimum Gasteiger partial charge on any atom is -0.397 e. The van der Waals surface area contributed by atoms with Crippen LogP contribution in [0.4, 0.5) is 17.1 Å². The van der Waals surface area contributed by atoms with Crippen LogP contribution in [0.3, 0.4) is 0 Å². The Morgan fingerprint density at radius 2 is 1.88 bits per heavy atom. The molecular weight excluding hydrogens is 330 g/mol. The van der Waals surface area contributed by atoms with Crippen molar-refractivity contribution in [3.05, 3.63) is 57.1 Å². The Bertz CT molecular complexity index is 954. The summed E-state index contributed by atoms with van der Waals surface area (Å²) >= 11 is 0. The minimum absolute atomic E-state index is 0.218. The van der Waals surface area contributed by atoms with Gasteiger partial charge < -0.3 is 5.73 Å². The molecule has 1 aliphatic rings. The molecule has 0 fully saturated rings. The van der Waals surface area contributed by atoms with Crippen LogP contribution < -0.4 is 10.0 Å². The highest BCUT2D eigenvalue weighted by Crippen LogP contribution is 2.39. The summed E-state index contributed by atoms with van der Waals surface area (Å²) in [5.41, 5.74) is 8.47. The first-order chi connectivity index (χ1) is 11.2. The van der Waals surface area contributed by atoms with E-state index in [0.29, 0.717) is 28.9 Å². The number of nitro benzene ring substituents is 1. The Hall–Kier alpha value is -2.61. The van der Waals surface area contributed by atoms with Gasteiger partial charge in [0.05, 0.1) is 16.3 Å². The van der Waals surface area contributed by atoms with Crippen molar-refractivity contribution in [2.24, 2.45) is 0 Å². The molecule has 1 heterocycles. The molecule has 3 rings (SSSR count). The number of benzene rings is 2. The molecule has 0 aromatic heterocycles. The van der Waals surface area contributed by atoms with Crippen LogP contribution in [0.15, 0.2) is 35.2 Å². The lowest BCUT2D eigenvalue weighted by atomic mass is 10.1. The Morgan fingerprint density at radius 3 is 2.54 bits per heavy atom. The Kier molecular flexibility index (Phi) is 3.71. The number of aryl methyl sites for hydroxylation is 2. The molecule has 126 valence electrons. The summed E-state index contributed by atoms with van der Waals surface area (Å²) in [5.74, 6) is 0. The standard InChI is InChI=1S/C16H17N3O4S/c1-10-8-14(19(20)21)15(9-11(10)2)24(22,23)18-7-6-12-4-3-5-13(17)16(12)18/h3-5,8-9H,6-7,17H2,1-2H3. The number of hydrogen-bond donors (Lipinski definition) is 1. The maximum absolute atomic E-state index is 13.1. The highest BCUT2D eigenvalue weighted by Gasteiger charge is 2.37. The van der Waals surface area contributed by atoms with Crippen LogP contribution in [0.25, 0.3) is 0 Å². The Morgan fingerprint density at radius 1 is 1.21 bits per heavy atom. The highest BCUT2D eigenvalue weighted by molar-refractivity contribution is 7.93. The highest BCUT2D eigenvalue weighted by atomic mass is 32.2. The molecule has 0 aliphatic carbocycles. The predicted molar refractivity (Wildman–Crippen MR) is 91.7 cm³/mol. The van der Waals surface area contributed by atoms with E-state index in [9.17, 15) is 18.5 Å². The minimum atomic E-state index is -4.08. The van der Waals surface area contributed by atoms with Crippen molar-refractivity contribution in [3.63, 3.8) is 0 Å². The van der Waals surface area contributed by atoms with E-state index in [4.69, 9.17) is 5.73 Å². The van der Waals surface area contributed by atoms with Crippen LogP contribution in [0.1, 0.15) is 16.7 Å². The van der Waals surface area contributed by atoms with Crippen LogP contribution in [-0.2, 0) is 16.4 Å². The summed E-state index contributed by atoms with van der Waals surface area (Å²) < 4.78 is 27.4. The number of rotatable bonds is 3. The van der Waals surface area contributed by atoms with Crippen LogP contribution in [0, 0.1) is 24.0 Å². The van der Waals surface area contributed by atoms with Crippen molar-refractivity contribution >= 4 is 27.1 Å². The van der Waals surface area contributed by atoms with E-state index in [-0.39, 0.29) is 11.4 Å². The van der Waals surface area contributed by atoms with Crippen molar-refractivity contribution in [2.45, 2.75) is 25.2 Å². The van der Waals surface area contributed by atoms with E-state index in [1.165, 1.54) is 16.4 Å². The second kappa shape index (κ2) is 5.48. The van der Waals surface area contributed by atoms with Gasteiger partial charge in [0, 0.05) is 12.6 Å². The van der Waals surface area contributed by atoms with Crippen LogP contribution in [-0.4, -0.2) is 19.9 Å². The maximum Gasteiger partial charge on any atom is 0.290 e. The quantitative estimate of drug-likeness (QED) is 0.522. The van der Waals surface area contributed by atoms with Crippen molar-refractivity contribution < 1.29 is 13.3 Å². The van der Waals surface area contributed by atoms with E-state index in [1.54, 1.807) is 26.0 Å². The molecule has 0 amide bonds. The van der Waals surface area contributed by atoms with E-state index >= 15 is 0 Å². The van der Waals surface area contributed by atoms with Crippen LogP contribution in [0.2, 0.25) is 0 Å². The molecule has 2 aromatic rings. The number of anilines is 2. The zero-order chi connectivity index (χ0) is 17.6. The molecule has 0 unspecified atom stereocenters. The second-order valence-electron chi connectivity index (χ2n) is 5.84. The lowest BCUT2D eigenvalue weighted by Gasteiger charge is -2.21. The van der Waals surface area contributed by atoms with Crippen molar-refractivity contribution in [1.29, 1.82) is 0 Å². The van der Waals surface area contributed by atoms with Gasteiger partial charge in [0.1, 0.15) is 0 Å². The average Bonchev–Trinajstić information content (AvgIpc) is 2.95. The number of nitrogens with zero attached hydrogens (tertiary/aromatic N) is 2. The first kappa shape index (κ1) is 16.3. The Labute approximate surface area is 139 Å². The number of para-hydroxylation sites is 1. The number of fused-ring (bicyclic) bond motifs is 1. The van der Waals surface area contributed by atoms with Gasteiger partial charge in [-0.1, -0.05) is 12.1 Å². The first-order valence-corrected chi connectivity index (χ1v) is 8.83. The molecule has 0 saturated carbocycles. The molecule has 0 atom stereocenters. The van der Waals surface area contributed by atoms with Crippen LogP contribution >= 0.6 is 0 Å². The molecule has 1 aliphatic heterocycles. The van der Waals surface area contributed by atoms with E-state index in [2.05, 4.69) is 0 Å². The molecule has 2 aromatic carbocycles. The largest absolute Gasteiger partial charge is 0.397 e. The number of nitrogens with two attached hydrogens (primary N) is 1. The lowest BCUT2D eigenvalue weighted by molar-refractivity contribution is -0.387. The van der Waals surface area contributed by atoms with Gasteiger partial charge >= 0.3 is 0 Å². The third-order valence-electron chi connectivity index (χ3n) is 4.32. The SMILES string of the molecule is Cc1cc([N+](=O)[O-])c(S(=O)(=O)N2CCc3cccc(N)c32)cc1C. The summed E-state index contributed by atoms with van der Waals surface area (Å²) in [5, 5.41) is 11.4. The fourth-order valence-electron chi connectivity index (χ4n) is 2.93. The van der Waals surface area contributed by atoms with Gasteiger partial charge in [-0.15, -0.1) is 0 Å². The zero-order valence-electron chi connectivity index (χ0n) is 13.3. The van der Waals surface area contributed by atoms with Gasteiger partial charge in [-0.3, -0.25) is 14.4 Å². The van der Waals surface area contributed by atoms with Gasteiger partial charge in [0.2, 0.25) is 0 Å². The average molecular weight is 347 g/mol. The maximum atomic E-state index is 13.1. The monoisotopic (exact) mass is 347 g/mol. The molecule has 8 heteroatoms. The summed E-state index contributed by atoms with van der Waals surface area (Å²) in [6.45, 7) is 3.65. The predicted octanol–water partition coefficient (Wildman–Crippen LogP) is 2.55. The summed E-state index contributed by atoms with van der Waals surface area (Å²) in [4.78, 5) is 10.4. The van der Waals surface area contributed by atoms with Gasteiger partial charge in [-0.05, 0) is 49.1 Å². The second-order valence-corrected chi connectivity index (χ2v) is 7.67. The summed E-state index contributed by atoms with van der Waals surface area (Å²) in [6, 6.07) is 7.87. The zero-order valence-corrected chi connectivity index (χ0v) is 14.1. The van der Waals surface area contributed by atoms with Gasteiger partial charge in [0.15, 0.2) is 4.90 Å². The van der Waals surface area contributed by atoms with E-state index < -0.39 is 20.6 Å². The fourth-order valence-corrected chi connectivity index (χ4v) is 4.69. The molecule has 0 radical (unpaired) electrons. The number of nitro groups is 1. The van der Waals surface area contributed by atoms with Crippen LogP contribution in [0.5, 0.6) is 0 Å². The summed E-state index contributed by atoms with van der Waals surface area (Å²) in [6.07, 6.45) is 0.526. The Balaban J connectivity index is 2.22. The number of nitrogen functional groups attached to an aromatic ring is 1. The van der Waals surface area contributed by atoms with E-state index in [1.807, 2.05) is 6.07 Å². The third-order valence-corrected chi connectivity index (χ3v) is 6.15. The van der Waals surface area contributed by atoms with Gasteiger partial charge in [0.25, 0.3) is 15.7 Å². The summed E-state index contributed by atoms with van der Waals surface area (Å²) in [7, 11) is -4.08. The van der Waals surface area contributed by atoms with Crippen molar-refractivity contribution in [2.75, 3.05) is 16.6 Å². The molecule has 7 nitrogen and oxygen atoms in total. The number of hydrogen-bond acceptors (Lipinski definition) is 5. The molecular formula is C16H17N3O4S. The molecule has 0 saturated heterocycles. The smallest absolute Gasteiger partial charge is 0.290 e. The topological polar surface area (TPSA) is 107 Å². The van der Waals surface area contributed by atoms with E-state index in [0.717, 1.165) is 5.56 Å². The normalized spacial score (nSPS) is 13.8. The van der Waals surface area contributed by atoms with Crippen molar-refractivity contribution in [1.82, 2.24) is 0 Å². The lowest BCUT2D eigenvalue weighted by Crippen LogP contribution is -2.30. The molecule has 0 bridgehead atoms.